The number of carbonyl (C=O) groups excluding carboxylic acids is 1. The van der Waals surface area contributed by atoms with E-state index < -0.39 is 0 Å². The lowest BCUT2D eigenvalue weighted by atomic mass is 10.1. The Hall–Kier alpha value is -2.69. The minimum Gasteiger partial charge on any atom is -0.337 e. The molecular formula is C20H24N4O. The molecule has 25 heavy (non-hydrogen) atoms. The molecule has 0 unspecified atom stereocenters. The van der Waals surface area contributed by atoms with Crippen molar-refractivity contribution in [2.24, 2.45) is 7.05 Å². The second-order valence-corrected chi connectivity index (χ2v) is 6.50. The summed E-state index contributed by atoms with van der Waals surface area (Å²) in [7, 11) is 1.95. The third-order valence-electron chi connectivity index (χ3n) is 4.43. The predicted molar refractivity (Wildman–Crippen MR) is 99.5 cm³/mol. The van der Waals surface area contributed by atoms with Gasteiger partial charge in [0, 0.05) is 31.4 Å². The fraction of sp³-hybridized carbons (Fsp3) is 0.350. The molecule has 0 radical (unpaired) electrons. The Morgan fingerprint density at radius 3 is 2.72 bits per heavy atom. The van der Waals surface area contributed by atoms with Gasteiger partial charge in [-0.1, -0.05) is 18.6 Å². The maximum Gasteiger partial charge on any atom is 0.256 e. The van der Waals surface area contributed by atoms with E-state index in [1.54, 1.807) is 6.20 Å². The molecule has 5 heteroatoms. The van der Waals surface area contributed by atoms with Crippen molar-refractivity contribution in [1.29, 1.82) is 0 Å². The van der Waals surface area contributed by atoms with Crippen LogP contribution in [0.2, 0.25) is 0 Å². The number of amides is 1. The molecule has 0 bridgehead atoms. The lowest BCUT2D eigenvalue weighted by Crippen LogP contribution is -2.33. The zero-order valence-electron chi connectivity index (χ0n) is 15.3. The second kappa shape index (κ2) is 7.05. The summed E-state index contributed by atoms with van der Waals surface area (Å²) in [6, 6.07) is 8.08. The number of benzene rings is 1. The summed E-state index contributed by atoms with van der Waals surface area (Å²) < 4.78 is 1.95. The lowest BCUT2D eigenvalue weighted by molar-refractivity contribution is 0.0736. The first-order valence-electron chi connectivity index (χ1n) is 8.63. The zero-order valence-corrected chi connectivity index (χ0v) is 15.3. The maximum atomic E-state index is 13.2. The second-order valence-electron chi connectivity index (χ2n) is 6.50. The van der Waals surface area contributed by atoms with Crippen LogP contribution in [-0.4, -0.2) is 31.9 Å². The summed E-state index contributed by atoms with van der Waals surface area (Å²) >= 11 is 0. The monoisotopic (exact) mass is 336 g/mol. The van der Waals surface area contributed by atoms with E-state index in [-0.39, 0.29) is 5.91 Å². The van der Waals surface area contributed by atoms with Gasteiger partial charge in [0.25, 0.3) is 5.91 Å². The number of hydrogen-bond donors (Lipinski definition) is 0. The molecular weight excluding hydrogens is 312 g/mol. The van der Waals surface area contributed by atoms with E-state index in [0.29, 0.717) is 18.7 Å². The van der Waals surface area contributed by atoms with Crippen LogP contribution in [0, 0.1) is 13.8 Å². The third kappa shape index (κ3) is 3.55. The average Bonchev–Trinajstić information content (AvgIpc) is 2.98. The van der Waals surface area contributed by atoms with Crippen LogP contribution < -0.4 is 0 Å². The van der Waals surface area contributed by atoms with Crippen molar-refractivity contribution < 1.29 is 4.79 Å². The molecule has 3 aromatic rings. The van der Waals surface area contributed by atoms with Crippen LogP contribution in [0.3, 0.4) is 0 Å². The van der Waals surface area contributed by atoms with Gasteiger partial charge in [0.1, 0.15) is 5.82 Å². The van der Waals surface area contributed by atoms with Crippen LogP contribution in [0.1, 0.15) is 40.8 Å². The lowest BCUT2D eigenvalue weighted by Gasteiger charge is -2.23. The van der Waals surface area contributed by atoms with Crippen molar-refractivity contribution >= 4 is 16.8 Å². The molecule has 0 aliphatic heterocycles. The highest BCUT2D eigenvalue weighted by molar-refractivity contribution is 5.98. The molecule has 5 nitrogen and oxygen atoms in total. The van der Waals surface area contributed by atoms with Crippen LogP contribution in [0.4, 0.5) is 0 Å². The van der Waals surface area contributed by atoms with Crippen LogP contribution >= 0.6 is 0 Å². The highest BCUT2D eigenvalue weighted by atomic mass is 16.2. The highest BCUT2D eigenvalue weighted by Crippen LogP contribution is 2.20. The summed E-state index contributed by atoms with van der Waals surface area (Å²) in [6.07, 6.45) is 4.56. The van der Waals surface area contributed by atoms with Gasteiger partial charge in [-0.25, -0.2) is 4.98 Å². The smallest absolute Gasteiger partial charge is 0.256 e. The standard InChI is InChI=1S/C20H24N4O/c1-5-9-24(13-19-21-8-10-23(19)4)20(25)17-12-16-11-14(2)6-7-18(16)22-15(17)3/h6-8,10-12H,5,9,13H2,1-4H3. The summed E-state index contributed by atoms with van der Waals surface area (Å²) in [5.41, 5.74) is 3.52. The van der Waals surface area contributed by atoms with E-state index in [9.17, 15) is 4.79 Å². The van der Waals surface area contributed by atoms with Crippen LogP contribution in [0.25, 0.3) is 10.9 Å². The van der Waals surface area contributed by atoms with Crippen LogP contribution in [0.5, 0.6) is 0 Å². The van der Waals surface area contributed by atoms with E-state index >= 15 is 0 Å². The number of imidazole rings is 1. The minimum atomic E-state index is 0.0123. The number of carbonyl (C=O) groups is 1. The van der Waals surface area contributed by atoms with Gasteiger partial charge in [0.05, 0.1) is 23.3 Å². The Morgan fingerprint density at radius 1 is 1.24 bits per heavy atom. The van der Waals surface area contributed by atoms with Crippen molar-refractivity contribution in [2.75, 3.05) is 6.54 Å². The van der Waals surface area contributed by atoms with Gasteiger partial charge >= 0.3 is 0 Å². The molecule has 2 aromatic heterocycles. The van der Waals surface area contributed by atoms with Crippen molar-refractivity contribution in [1.82, 2.24) is 19.4 Å². The number of pyridine rings is 1. The molecule has 0 N–H and O–H groups in total. The molecule has 1 aromatic carbocycles. The number of rotatable bonds is 5. The Bertz CT molecular complexity index is 913. The minimum absolute atomic E-state index is 0.0123. The fourth-order valence-corrected chi connectivity index (χ4v) is 3.02. The molecule has 0 aliphatic carbocycles. The molecule has 1 amide bonds. The fourth-order valence-electron chi connectivity index (χ4n) is 3.02. The largest absolute Gasteiger partial charge is 0.337 e. The van der Waals surface area contributed by atoms with Gasteiger partial charge in [-0.05, 0) is 38.5 Å². The van der Waals surface area contributed by atoms with Crippen molar-refractivity contribution in [3.05, 3.63) is 59.3 Å². The molecule has 2 heterocycles. The quantitative estimate of drug-likeness (QED) is 0.715. The highest BCUT2D eigenvalue weighted by Gasteiger charge is 2.20. The summed E-state index contributed by atoms with van der Waals surface area (Å²) in [5.74, 6) is 0.891. The number of aromatic nitrogens is 3. The Kier molecular flexibility index (Phi) is 4.83. The SMILES string of the molecule is CCCN(Cc1nccn1C)C(=O)c1cc2cc(C)ccc2nc1C. The Labute approximate surface area is 148 Å². The molecule has 130 valence electrons. The first-order valence-corrected chi connectivity index (χ1v) is 8.63. The topological polar surface area (TPSA) is 51.0 Å². The maximum absolute atomic E-state index is 13.2. The molecule has 0 aliphatic rings. The van der Waals surface area contributed by atoms with E-state index in [2.05, 4.69) is 23.0 Å². The van der Waals surface area contributed by atoms with Crippen molar-refractivity contribution in [2.45, 2.75) is 33.7 Å². The summed E-state index contributed by atoms with van der Waals surface area (Å²) in [4.78, 5) is 24.0. The van der Waals surface area contributed by atoms with Crippen molar-refractivity contribution in [3.63, 3.8) is 0 Å². The number of aryl methyl sites for hydroxylation is 3. The van der Waals surface area contributed by atoms with E-state index in [1.165, 1.54) is 0 Å². The van der Waals surface area contributed by atoms with E-state index in [0.717, 1.165) is 34.4 Å². The summed E-state index contributed by atoms with van der Waals surface area (Å²) in [6.45, 7) is 7.22. The molecule has 0 spiro atoms. The van der Waals surface area contributed by atoms with Gasteiger partial charge in [-0.15, -0.1) is 0 Å². The zero-order chi connectivity index (χ0) is 18.0. The Balaban J connectivity index is 1.97. The average molecular weight is 336 g/mol. The molecule has 3 rings (SSSR count). The molecule has 0 saturated carbocycles. The molecule has 0 fully saturated rings. The third-order valence-corrected chi connectivity index (χ3v) is 4.43. The number of fused-ring (bicyclic) bond motifs is 1. The first-order chi connectivity index (χ1) is 12.0. The van der Waals surface area contributed by atoms with Gasteiger partial charge in [0.15, 0.2) is 0 Å². The van der Waals surface area contributed by atoms with Crippen LogP contribution in [-0.2, 0) is 13.6 Å². The van der Waals surface area contributed by atoms with Gasteiger partial charge in [0.2, 0.25) is 0 Å². The number of hydrogen-bond acceptors (Lipinski definition) is 3. The van der Waals surface area contributed by atoms with E-state index in [1.807, 2.05) is 54.8 Å². The normalized spacial score (nSPS) is 11.0. The first kappa shape index (κ1) is 17.1. The van der Waals surface area contributed by atoms with Crippen molar-refractivity contribution in [3.8, 4) is 0 Å². The predicted octanol–water partition coefficient (Wildman–Crippen LogP) is 3.64. The van der Waals surface area contributed by atoms with Crippen LogP contribution in [0.15, 0.2) is 36.7 Å². The van der Waals surface area contributed by atoms with Gasteiger partial charge in [-0.3, -0.25) is 9.78 Å². The van der Waals surface area contributed by atoms with Gasteiger partial charge < -0.3 is 9.47 Å². The Morgan fingerprint density at radius 2 is 2.04 bits per heavy atom. The molecule has 0 atom stereocenters. The van der Waals surface area contributed by atoms with Gasteiger partial charge in [-0.2, -0.15) is 0 Å². The summed E-state index contributed by atoms with van der Waals surface area (Å²) in [5, 5.41) is 1.00. The number of nitrogens with zero attached hydrogens (tertiary/aromatic N) is 4. The van der Waals surface area contributed by atoms with E-state index in [4.69, 9.17) is 0 Å². The molecule has 0 saturated heterocycles.